The first-order chi connectivity index (χ1) is 10.1. The fourth-order valence-corrected chi connectivity index (χ4v) is 2.66. The van der Waals surface area contributed by atoms with Crippen LogP contribution in [-0.2, 0) is 17.8 Å². The zero-order valence-electron chi connectivity index (χ0n) is 12.1. The molecule has 0 fully saturated rings. The molecule has 1 aromatic carbocycles. The van der Waals surface area contributed by atoms with Crippen LogP contribution in [0.15, 0.2) is 41.8 Å². The van der Waals surface area contributed by atoms with Gasteiger partial charge in [0.15, 0.2) is 0 Å². The van der Waals surface area contributed by atoms with Gasteiger partial charge in [-0.1, -0.05) is 18.2 Å². The zero-order valence-corrected chi connectivity index (χ0v) is 12.9. The summed E-state index contributed by atoms with van der Waals surface area (Å²) < 4.78 is 0. The molecule has 110 valence electrons. The summed E-state index contributed by atoms with van der Waals surface area (Å²) in [5, 5.41) is 4.55. The van der Waals surface area contributed by atoms with Gasteiger partial charge in [-0.05, 0) is 29.1 Å². The molecule has 5 heteroatoms. The van der Waals surface area contributed by atoms with E-state index < -0.39 is 0 Å². The minimum atomic E-state index is -0.108. The van der Waals surface area contributed by atoms with Crippen LogP contribution in [0.3, 0.4) is 0 Å². The van der Waals surface area contributed by atoms with Crippen molar-refractivity contribution in [2.75, 3.05) is 14.1 Å². The molecule has 1 aromatic heterocycles. The molecular weight excluding hydrogens is 284 g/mol. The average Bonchev–Trinajstić information content (AvgIpc) is 3.00. The molecule has 21 heavy (non-hydrogen) atoms. The number of hydrogen-bond donors (Lipinski definition) is 1. The van der Waals surface area contributed by atoms with Crippen LogP contribution in [0.25, 0.3) is 0 Å². The standard InChI is InChI=1S/C16H18N2O2S/c1-17-16(20)13-7-5-12(6-8-13)11-18(2)15(19)10-14-4-3-9-21-14/h3-9H,10-11H2,1-2H3,(H,17,20). The highest BCUT2D eigenvalue weighted by atomic mass is 32.1. The normalized spacial score (nSPS) is 10.2. The third-order valence-corrected chi connectivity index (χ3v) is 4.07. The topological polar surface area (TPSA) is 49.4 Å². The Morgan fingerprint density at radius 2 is 1.90 bits per heavy atom. The van der Waals surface area contributed by atoms with Crippen molar-refractivity contribution in [3.8, 4) is 0 Å². The molecule has 0 aliphatic rings. The molecule has 2 aromatic rings. The molecule has 4 nitrogen and oxygen atoms in total. The number of rotatable bonds is 5. The fraction of sp³-hybridized carbons (Fsp3) is 0.250. The van der Waals surface area contributed by atoms with Crippen LogP contribution in [-0.4, -0.2) is 30.8 Å². The van der Waals surface area contributed by atoms with Gasteiger partial charge >= 0.3 is 0 Å². The van der Waals surface area contributed by atoms with Crippen molar-refractivity contribution in [3.05, 3.63) is 57.8 Å². The molecule has 0 aliphatic carbocycles. The molecule has 1 heterocycles. The van der Waals surface area contributed by atoms with Gasteiger partial charge in [-0.3, -0.25) is 9.59 Å². The van der Waals surface area contributed by atoms with Crippen molar-refractivity contribution in [3.63, 3.8) is 0 Å². The molecule has 1 N–H and O–H groups in total. The fourth-order valence-electron chi connectivity index (χ4n) is 1.97. The van der Waals surface area contributed by atoms with Gasteiger partial charge in [0.25, 0.3) is 5.91 Å². The SMILES string of the molecule is CNC(=O)c1ccc(CN(C)C(=O)Cc2cccs2)cc1. The second kappa shape index (κ2) is 7.04. The molecule has 0 radical (unpaired) electrons. The summed E-state index contributed by atoms with van der Waals surface area (Å²) in [6.45, 7) is 0.540. The number of nitrogens with one attached hydrogen (secondary N) is 1. The van der Waals surface area contributed by atoms with Gasteiger partial charge in [-0.2, -0.15) is 0 Å². The lowest BCUT2D eigenvalue weighted by molar-refractivity contribution is -0.129. The quantitative estimate of drug-likeness (QED) is 0.921. The van der Waals surface area contributed by atoms with Crippen molar-refractivity contribution in [2.24, 2.45) is 0 Å². The number of thiophene rings is 1. The van der Waals surface area contributed by atoms with Crippen LogP contribution in [0.5, 0.6) is 0 Å². The Balaban J connectivity index is 1.94. The van der Waals surface area contributed by atoms with Crippen molar-refractivity contribution in [2.45, 2.75) is 13.0 Å². The van der Waals surface area contributed by atoms with Gasteiger partial charge in [0, 0.05) is 31.1 Å². The van der Waals surface area contributed by atoms with Gasteiger partial charge in [-0.15, -0.1) is 11.3 Å². The van der Waals surface area contributed by atoms with Crippen molar-refractivity contribution in [1.29, 1.82) is 0 Å². The highest BCUT2D eigenvalue weighted by Crippen LogP contribution is 2.12. The Morgan fingerprint density at radius 1 is 1.19 bits per heavy atom. The average molecular weight is 302 g/mol. The lowest BCUT2D eigenvalue weighted by Gasteiger charge is -2.17. The second-order valence-electron chi connectivity index (χ2n) is 4.78. The van der Waals surface area contributed by atoms with Crippen LogP contribution >= 0.6 is 11.3 Å². The van der Waals surface area contributed by atoms with Crippen molar-refractivity contribution < 1.29 is 9.59 Å². The monoisotopic (exact) mass is 302 g/mol. The smallest absolute Gasteiger partial charge is 0.251 e. The number of benzene rings is 1. The van der Waals surface area contributed by atoms with Gasteiger partial charge in [-0.25, -0.2) is 0 Å². The van der Waals surface area contributed by atoms with Gasteiger partial charge in [0.1, 0.15) is 0 Å². The minimum Gasteiger partial charge on any atom is -0.355 e. The molecule has 2 rings (SSSR count). The Labute approximate surface area is 128 Å². The van der Waals surface area contributed by atoms with Gasteiger partial charge in [0.05, 0.1) is 6.42 Å². The van der Waals surface area contributed by atoms with Gasteiger partial charge < -0.3 is 10.2 Å². The molecule has 0 aliphatic heterocycles. The Kier molecular flexibility index (Phi) is 5.11. The van der Waals surface area contributed by atoms with E-state index in [0.29, 0.717) is 18.5 Å². The molecule has 2 amide bonds. The Hall–Kier alpha value is -2.14. The third-order valence-electron chi connectivity index (χ3n) is 3.19. The summed E-state index contributed by atoms with van der Waals surface area (Å²) in [7, 11) is 3.40. The minimum absolute atomic E-state index is 0.0906. The predicted molar refractivity (Wildman–Crippen MR) is 84.3 cm³/mol. The van der Waals surface area contributed by atoms with E-state index in [2.05, 4.69) is 5.32 Å². The number of nitrogens with zero attached hydrogens (tertiary/aromatic N) is 1. The van der Waals surface area contributed by atoms with Crippen LogP contribution in [0, 0.1) is 0 Å². The first-order valence-electron chi connectivity index (χ1n) is 6.67. The predicted octanol–water partition coefficient (Wildman–Crippen LogP) is 2.31. The largest absolute Gasteiger partial charge is 0.355 e. The van der Waals surface area contributed by atoms with Crippen LogP contribution in [0.4, 0.5) is 0 Å². The van der Waals surface area contributed by atoms with Crippen LogP contribution in [0.1, 0.15) is 20.8 Å². The van der Waals surface area contributed by atoms with Crippen molar-refractivity contribution in [1.82, 2.24) is 10.2 Å². The lowest BCUT2D eigenvalue weighted by atomic mass is 10.1. The van der Waals surface area contributed by atoms with E-state index in [1.54, 1.807) is 42.5 Å². The molecule has 0 atom stereocenters. The number of hydrogen-bond acceptors (Lipinski definition) is 3. The zero-order chi connectivity index (χ0) is 15.2. The lowest BCUT2D eigenvalue weighted by Crippen LogP contribution is -2.27. The van der Waals surface area contributed by atoms with E-state index in [1.807, 2.05) is 29.6 Å². The second-order valence-corrected chi connectivity index (χ2v) is 5.81. The Bertz CT molecular complexity index is 606. The number of likely N-dealkylation sites (N-methyl/N-ethyl adjacent to an activating group) is 1. The summed E-state index contributed by atoms with van der Waals surface area (Å²) in [5.41, 5.74) is 1.62. The van der Waals surface area contributed by atoms with E-state index in [9.17, 15) is 9.59 Å². The summed E-state index contributed by atoms with van der Waals surface area (Å²) in [6.07, 6.45) is 0.435. The van der Waals surface area contributed by atoms with Crippen molar-refractivity contribution >= 4 is 23.2 Å². The maximum Gasteiger partial charge on any atom is 0.251 e. The molecule has 0 unspecified atom stereocenters. The van der Waals surface area contributed by atoms with Crippen LogP contribution < -0.4 is 5.32 Å². The third kappa shape index (κ3) is 4.16. The summed E-state index contributed by atoms with van der Waals surface area (Å²) in [5.74, 6) is -0.0171. The molecule has 0 bridgehead atoms. The first-order valence-corrected chi connectivity index (χ1v) is 7.55. The molecule has 0 saturated carbocycles. The number of amides is 2. The van der Waals surface area contributed by atoms with Crippen LogP contribution in [0.2, 0.25) is 0 Å². The number of carbonyl (C=O) groups is 2. The van der Waals surface area contributed by atoms with Gasteiger partial charge in [0.2, 0.25) is 5.91 Å². The number of carbonyl (C=O) groups excluding carboxylic acids is 2. The Morgan fingerprint density at radius 3 is 2.48 bits per heavy atom. The molecule has 0 spiro atoms. The van der Waals surface area contributed by atoms with E-state index >= 15 is 0 Å². The highest BCUT2D eigenvalue weighted by molar-refractivity contribution is 7.10. The van der Waals surface area contributed by atoms with E-state index in [1.165, 1.54) is 0 Å². The van der Waals surface area contributed by atoms with E-state index in [4.69, 9.17) is 0 Å². The van der Waals surface area contributed by atoms with E-state index in [-0.39, 0.29) is 11.8 Å². The maximum atomic E-state index is 12.1. The maximum absolute atomic E-state index is 12.1. The summed E-state index contributed by atoms with van der Waals surface area (Å²) in [6, 6.07) is 11.2. The molecule has 0 saturated heterocycles. The summed E-state index contributed by atoms with van der Waals surface area (Å²) >= 11 is 1.59. The van der Waals surface area contributed by atoms with E-state index in [0.717, 1.165) is 10.4 Å². The first kappa shape index (κ1) is 15.3. The summed E-state index contributed by atoms with van der Waals surface area (Å²) in [4.78, 5) is 26.3. The highest BCUT2D eigenvalue weighted by Gasteiger charge is 2.11. The molecular formula is C16H18N2O2S.